The van der Waals surface area contributed by atoms with Gasteiger partial charge < -0.3 is 0 Å². The van der Waals surface area contributed by atoms with Crippen LogP contribution in [0.4, 0.5) is 5.69 Å². The molecule has 12 heteroatoms. The van der Waals surface area contributed by atoms with Gasteiger partial charge in [-0.1, -0.05) is 18.2 Å². The van der Waals surface area contributed by atoms with Crippen molar-refractivity contribution >= 4 is 42.5 Å². The fraction of sp³-hybridized carbons (Fsp3) is 0.0526. The Morgan fingerprint density at radius 1 is 0.903 bits per heavy atom. The monoisotopic (exact) mass is 459 g/mol. The Hall–Kier alpha value is -3.32. The summed E-state index contributed by atoms with van der Waals surface area (Å²) in [7, 11) is -8.90. The number of hydrogen-bond donors (Lipinski definition) is 2. The Morgan fingerprint density at radius 2 is 1.61 bits per heavy atom. The number of hydrogen-bond acceptors (Lipinski definition) is 8. The number of fused-ring (bicyclic) bond motifs is 2. The van der Waals surface area contributed by atoms with Gasteiger partial charge >= 0.3 is 0 Å². The molecule has 0 saturated heterocycles. The van der Waals surface area contributed by atoms with Crippen LogP contribution in [0.2, 0.25) is 0 Å². The van der Waals surface area contributed by atoms with Gasteiger partial charge in [-0.2, -0.15) is 21.9 Å². The number of ketones is 1. The molecule has 158 valence electrons. The van der Waals surface area contributed by atoms with Crippen LogP contribution in [0.1, 0.15) is 21.3 Å². The number of allylic oxidation sites excluding steroid dienone is 1. The molecule has 1 aliphatic carbocycles. The topological polar surface area (TPSA) is 163 Å². The molecule has 1 unspecified atom stereocenters. The minimum absolute atomic E-state index is 0.0503. The molecule has 1 aromatic heterocycles. The lowest BCUT2D eigenvalue weighted by molar-refractivity contribution is 0.102. The van der Waals surface area contributed by atoms with Crippen molar-refractivity contribution in [3.05, 3.63) is 77.8 Å². The lowest BCUT2D eigenvalue weighted by Crippen LogP contribution is -2.21. The molecule has 1 heterocycles. The fourth-order valence-corrected chi connectivity index (χ4v) is 4.47. The van der Waals surface area contributed by atoms with Crippen LogP contribution in [-0.2, 0) is 20.2 Å². The van der Waals surface area contributed by atoms with Crippen LogP contribution in [0.15, 0.2) is 81.6 Å². The molecule has 2 aromatic carbocycles. The average Bonchev–Trinajstić information content (AvgIpc) is 2.71. The second-order valence-corrected chi connectivity index (χ2v) is 9.59. The summed E-state index contributed by atoms with van der Waals surface area (Å²) in [5.41, 5.74) is -0.0844. The highest BCUT2D eigenvalue weighted by atomic mass is 32.2. The number of carbonyl (C=O) groups is 1. The van der Waals surface area contributed by atoms with Crippen molar-refractivity contribution in [2.75, 3.05) is 0 Å². The second-order valence-electron chi connectivity index (χ2n) is 6.63. The van der Waals surface area contributed by atoms with Crippen LogP contribution in [0, 0.1) is 0 Å². The van der Waals surface area contributed by atoms with E-state index in [0.717, 1.165) is 6.08 Å². The van der Waals surface area contributed by atoms with Crippen LogP contribution in [0.3, 0.4) is 0 Å². The molecule has 3 aromatic rings. The summed E-state index contributed by atoms with van der Waals surface area (Å²) in [5.74, 6) is -0.641. The normalized spacial score (nSPS) is 17.0. The van der Waals surface area contributed by atoms with E-state index in [9.17, 15) is 26.2 Å². The molecule has 4 rings (SSSR count). The average molecular weight is 459 g/mol. The van der Waals surface area contributed by atoms with Crippen LogP contribution in [0.25, 0.3) is 10.8 Å². The molecule has 0 radical (unpaired) electrons. The summed E-state index contributed by atoms with van der Waals surface area (Å²) < 4.78 is 64.7. The predicted molar refractivity (Wildman–Crippen MR) is 109 cm³/mol. The van der Waals surface area contributed by atoms with Gasteiger partial charge in [-0.15, -0.1) is 5.11 Å². The highest BCUT2D eigenvalue weighted by Crippen LogP contribution is 2.33. The lowest BCUT2D eigenvalue weighted by atomic mass is 9.98. The van der Waals surface area contributed by atoms with E-state index in [4.69, 9.17) is 4.55 Å². The standard InChI is InChI=1S/C19H13N3O7S2/c23-19-16(10-17(31(27,28)29)15-2-1-7-20-18(15)19)22-21-13-5-3-12-9-14(30(24,25)26)6-4-11(12)8-13/h1-10,17H,(H,24,25,26)(H,27,28,29). The van der Waals surface area contributed by atoms with Crippen LogP contribution >= 0.6 is 0 Å². The maximum Gasteiger partial charge on any atom is 0.294 e. The van der Waals surface area contributed by atoms with E-state index < -0.39 is 31.3 Å². The zero-order valence-electron chi connectivity index (χ0n) is 15.4. The number of azo groups is 1. The van der Waals surface area contributed by atoms with E-state index in [1.54, 1.807) is 12.1 Å². The van der Waals surface area contributed by atoms with Crippen molar-refractivity contribution in [3.63, 3.8) is 0 Å². The first-order valence-corrected chi connectivity index (χ1v) is 11.6. The quantitative estimate of drug-likeness (QED) is 0.443. The van der Waals surface area contributed by atoms with Crippen molar-refractivity contribution in [2.24, 2.45) is 10.2 Å². The predicted octanol–water partition coefficient (Wildman–Crippen LogP) is 3.27. The summed E-state index contributed by atoms with van der Waals surface area (Å²) in [4.78, 5) is 16.3. The van der Waals surface area contributed by atoms with Crippen LogP contribution < -0.4 is 0 Å². The molecule has 0 spiro atoms. The van der Waals surface area contributed by atoms with E-state index in [1.807, 2.05) is 0 Å². The second kappa shape index (κ2) is 7.42. The Bertz CT molecular complexity index is 1510. The highest BCUT2D eigenvalue weighted by molar-refractivity contribution is 7.86. The molecule has 1 atom stereocenters. The molecular formula is C19H13N3O7S2. The SMILES string of the molecule is O=C1C(N=Nc2ccc3cc(S(=O)(=O)O)ccc3c2)=CC(S(=O)(=O)O)c2cccnc21. The summed E-state index contributed by atoms with van der Waals surface area (Å²) in [6, 6.07) is 11.4. The number of aromatic nitrogens is 1. The number of rotatable bonds is 4. The largest absolute Gasteiger partial charge is 0.294 e. The molecular weight excluding hydrogens is 446 g/mol. The Kier molecular flexibility index (Phi) is 5.01. The highest BCUT2D eigenvalue weighted by Gasteiger charge is 2.35. The maximum absolute atomic E-state index is 12.6. The molecule has 0 amide bonds. The molecule has 1 aliphatic rings. The number of benzene rings is 2. The van der Waals surface area contributed by atoms with Gasteiger partial charge in [0, 0.05) is 11.8 Å². The number of Topliss-reactive ketones (excluding diaryl/α,β-unsaturated/α-hetero) is 1. The molecule has 2 N–H and O–H groups in total. The number of nitrogens with zero attached hydrogens (tertiary/aromatic N) is 3. The molecule has 0 fully saturated rings. The van der Waals surface area contributed by atoms with Crippen LogP contribution in [-0.4, -0.2) is 36.7 Å². The first-order valence-electron chi connectivity index (χ1n) is 8.65. The molecule has 31 heavy (non-hydrogen) atoms. The van der Waals surface area contributed by atoms with Gasteiger partial charge in [-0.05, 0) is 47.2 Å². The Morgan fingerprint density at radius 3 is 2.32 bits per heavy atom. The van der Waals surface area contributed by atoms with Gasteiger partial charge in [-0.25, -0.2) is 0 Å². The Balaban J connectivity index is 1.71. The third-order valence-electron chi connectivity index (χ3n) is 4.59. The van der Waals surface area contributed by atoms with Gasteiger partial charge in [0.15, 0.2) is 0 Å². The molecule has 10 nitrogen and oxygen atoms in total. The summed E-state index contributed by atoms with van der Waals surface area (Å²) in [6.07, 6.45) is 2.33. The van der Waals surface area contributed by atoms with Crippen molar-refractivity contribution in [1.29, 1.82) is 0 Å². The first-order chi connectivity index (χ1) is 14.5. The lowest BCUT2D eigenvalue weighted by Gasteiger charge is -2.18. The molecule has 0 aliphatic heterocycles. The van der Waals surface area contributed by atoms with Gasteiger partial charge in [-0.3, -0.25) is 18.9 Å². The first kappa shape index (κ1) is 20.9. The zero-order valence-corrected chi connectivity index (χ0v) is 17.1. The molecule has 0 saturated carbocycles. The molecule has 0 bridgehead atoms. The minimum atomic E-state index is -4.56. The fourth-order valence-electron chi connectivity index (χ4n) is 3.14. The van der Waals surface area contributed by atoms with Crippen molar-refractivity contribution < 1.29 is 30.7 Å². The number of carbonyl (C=O) groups excluding carboxylic acids is 1. The minimum Gasteiger partial charge on any atom is -0.285 e. The van der Waals surface area contributed by atoms with E-state index >= 15 is 0 Å². The van der Waals surface area contributed by atoms with Gasteiger partial charge in [0.1, 0.15) is 16.6 Å². The van der Waals surface area contributed by atoms with Crippen molar-refractivity contribution in [3.8, 4) is 0 Å². The van der Waals surface area contributed by atoms with Gasteiger partial charge in [0.25, 0.3) is 20.2 Å². The van der Waals surface area contributed by atoms with Crippen molar-refractivity contribution in [2.45, 2.75) is 10.1 Å². The summed E-state index contributed by atoms with van der Waals surface area (Å²) in [6.45, 7) is 0. The van der Waals surface area contributed by atoms with E-state index in [-0.39, 0.29) is 21.8 Å². The Labute approximate surface area is 176 Å². The third-order valence-corrected chi connectivity index (χ3v) is 6.47. The van der Waals surface area contributed by atoms with Crippen LogP contribution in [0.5, 0.6) is 0 Å². The van der Waals surface area contributed by atoms with E-state index in [1.165, 1.54) is 42.6 Å². The zero-order chi connectivity index (χ0) is 22.4. The maximum atomic E-state index is 12.6. The summed E-state index contributed by atoms with van der Waals surface area (Å²) in [5, 5.41) is 7.41. The summed E-state index contributed by atoms with van der Waals surface area (Å²) >= 11 is 0. The van der Waals surface area contributed by atoms with E-state index in [0.29, 0.717) is 16.5 Å². The smallest absolute Gasteiger partial charge is 0.285 e. The van der Waals surface area contributed by atoms with Gasteiger partial charge in [0.2, 0.25) is 5.78 Å². The number of pyridine rings is 1. The third kappa shape index (κ3) is 4.14. The van der Waals surface area contributed by atoms with Gasteiger partial charge in [0.05, 0.1) is 10.6 Å². The van der Waals surface area contributed by atoms with E-state index in [2.05, 4.69) is 15.2 Å². The van der Waals surface area contributed by atoms with Crippen molar-refractivity contribution in [1.82, 2.24) is 4.98 Å².